The minimum absolute atomic E-state index is 0.0711. The maximum absolute atomic E-state index is 12.8. The maximum Gasteiger partial charge on any atom is 0.237 e. The molecule has 3 aliphatic heterocycles. The highest BCUT2D eigenvalue weighted by atomic mass is 16.5. The Morgan fingerprint density at radius 1 is 0.848 bits per heavy atom. The second-order valence-electron chi connectivity index (χ2n) is 13.4. The SMILES string of the molecule is CCN1C(=O)C(C)(C)c2cc3[nH]c(C(C)=O)nc3cc21.CCN1C(=O)C(C)(C)c2cc3c(cc21)nc(C(C)=O)n3C1CCCCO1. The Bertz CT molecular complexity index is 1930. The standard InChI is InChI=1S/C20H25N3O3.C15H17N3O2/c1-5-22-15-11-14-16(10-13(15)20(3,4)19(22)25)23(18(21-14)12(2)24)17-8-6-7-9-26-17;1-5-18-12-7-11-10(16-13(17-11)8(2)19)6-9(12)15(3,4)14(18)20/h10-11,17H,5-9H2,1-4H3;6-7H,5H2,1-4H3,(H,16,17). The Kier molecular flexibility index (Phi) is 7.66. The van der Waals surface area contributed by atoms with Gasteiger partial charge < -0.3 is 19.5 Å². The van der Waals surface area contributed by atoms with Crippen LogP contribution in [0.15, 0.2) is 24.3 Å². The average molecular weight is 627 g/mol. The number of hydrogen-bond donors (Lipinski definition) is 1. The number of benzene rings is 2. The molecule has 1 saturated heterocycles. The number of ether oxygens (including phenoxy) is 1. The van der Waals surface area contributed by atoms with Crippen molar-refractivity contribution in [2.75, 3.05) is 29.5 Å². The number of nitrogens with one attached hydrogen (secondary N) is 1. The molecule has 2 amide bonds. The van der Waals surface area contributed by atoms with Crippen molar-refractivity contribution in [2.24, 2.45) is 0 Å². The summed E-state index contributed by atoms with van der Waals surface area (Å²) in [6.45, 7) is 16.7. The quantitative estimate of drug-likeness (QED) is 0.269. The van der Waals surface area contributed by atoms with E-state index >= 15 is 0 Å². The minimum atomic E-state index is -0.585. The van der Waals surface area contributed by atoms with Crippen LogP contribution in [0, 0.1) is 0 Å². The lowest BCUT2D eigenvalue weighted by molar-refractivity contribution is -0.122. The molecule has 5 heterocycles. The van der Waals surface area contributed by atoms with Gasteiger partial charge in [0.1, 0.15) is 6.23 Å². The van der Waals surface area contributed by atoms with Crippen molar-refractivity contribution in [1.82, 2.24) is 19.5 Å². The lowest BCUT2D eigenvalue weighted by atomic mass is 9.86. The average Bonchev–Trinajstić information content (AvgIpc) is 3.71. The van der Waals surface area contributed by atoms with Gasteiger partial charge in [0.05, 0.1) is 44.3 Å². The van der Waals surface area contributed by atoms with Crippen LogP contribution in [0.2, 0.25) is 0 Å². The molecule has 11 nitrogen and oxygen atoms in total. The first-order chi connectivity index (χ1) is 21.7. The van der Waals surface area contributed by atoms with Crippen LogP contribution in [-0.4, -0.2) is 62.6 Å². The van der Waals surface area contributed by atoms with Crippen molar-refractivity contribution in [3.8, 4) is 0 Å². The van der Waals surface area contributed by atoms with Crippen LogP contribution in [0.5, 0.6) is 0 Å². The van der Waals surface area contributed by atoms with Gasteiger partial charge in [-0.3, -0.25) is 23.7 Å². The van der Waals surface area contributed by atoms with Gasteiger partial charge in [-0.2, -0.15) is 0 Å². The number of amides is 2. The molecule has 2 aromatic heterocycles. The molecule has 0 bridgehead atoms. The lowest BCUT2D eigenvalue weighted by Gasteiger charge is -2.26. The number of hydrogen-bond acceptors (Lipinski definition) is 7. The number of anilines is 2. The number of Topliss-reactive ketones (excluding diaryl/α,β-unsaturated/α-hetero) is 2. The van der Waals surface area contributed by atoms with Gasteiger partial charge in [-0.1, -0.05) is 0 Å². The summed E-state index contributed by atoms with van der Waals surface area (Å²) in [5.41, 5.74) is 5.78. The highest BCUT2D eigenvalue weighted by Gasteiger charge is 2.45. The number of rotatable bonds is 5. The van der Waals surface area contributed by atoms with Crippen molar-refractivity contribution in [1.29, 1.82) is 0 Å². The summed E-state index contributed by atoms with van der Waals surface area (Å²) in [5.74, 6) is 0.838. The van der Waals surface area contributed by atoms with Gasteiger partial charge in [0, 0.05) is 33.5 Å². The number of nitrogens with zero attached hydrogens (tertiary/aromatic N) is 5. The zero-order valence-electron chi connectivity index (χ0n) is 27.9. The topological polar surface area (TPSA) is 130 Å². The third-order valence-electron chi connectivity index (χ3n) is 9.62. The van der Waals surface area contributed by atoms with Crippen LogP contribution in [-0.2, 0) is 25.2 Å². The van der Waals surface area contributed by atoms with Crippen LogP contribution in [0.3, 0.4) is 0 Å². The molecule has 7 rings (SSSR count). The van der Waals surface area contributed by atoms with Crippen LogP contribution in [0.1, 0.15) is 113 Å². The highest BCUT2D eigenvalue weighted by molar-refractivity contribution is 6.11. The second-order valence-corrected chi connectivity index (χ2v) is 13.4. The van der Waals surface area contributed by atoms with E-state index in [1.807, 2.05) is 70.4 Å². The molecule has 2 aromatic carbocycles. The Morgan fingerprint density at radius 3 is 1.96 bits per heavy atom. The van der Waals surface area contributed by atoms with Crippen molar-refractivity contribution in [2.45, 2.75) is 91.7 Å². The first kappa shape index (κ1) is 31.6. The number of aromatic nitrogens is 4. The Hall–Kier alpha value is -4.38. The molecule has 1 atom stereocenters. The zero-order valence-corrected chi connectivity index (χ0v) is 27.9. The van der Waals surface area contributed by atoms with E-state index in [0.717, 1.165) is 63.8 Å². The van der Waals surface area contributed by atoms with Crippen LogP contribution >= 0.6 is 0 Å². The van der Waals surface area contributed by atoms with Gasteiger partial charge in [0.15, 0.2) is 23.2 Å². The second kappa shape index (κ2) is 11.2. The smallest absolute Gasteiger partial charge is 0.237 e. The molecule has 1 fully saturated rings. The summed E-state index contributed by atoms with van der Waals surface area (Å²) in [5, 5.41) is 0. The molecule has 0 radical (unpaired) electrons. The molecule has 11 heteroatoms. The van der Waals surface area contributed by atoms with Crippen molar-refractivity contribution < 1.29 is 23.9 Å². The molecular weight excluding hydrogens is 584 g/mol. The highest BCUT2D eigenvalue weighted by Crippen LogP contribution is 2.45. The number of imidazole rings is 2. The Labute approximate surface area is 268 Å². The summed E-state index contributed by atoms with van der Waals surface area (Å²) in [6.07, 6.45) is 2.81. The number of carbonyl (C=O) groups excluding carboxylic acids is 4. The number of fused-ring (bicyclic) bond motifs is 4. The number of carbonyl (C=O) groups is 4. The summed E-state index contributed by atoms with van der Waals surface area (Å²) in [4.78, 5) is 64.4. The first-order valence-corrected chi connectivity index (χ1v) is 16.1. The molecule has 1 N–H and O–H groups in total. The zero-order chi connectivity index (χ0) is 33.3. The van der Waals surface area contributed by atoms with E-state index in [0.29, 0.717) is 31.3 Å². The third kappa shape index (κ3) is 4.74. The van der Waals surface area contributed by atoms with E-state index < -0.39 is 10.8 Å². The van der Waals surface area contributed by atoms with Crippen molar-refractivity contribution in [3.63, 3.8) is 0 Å². The van der Waals surface area contributed by atoms with Gasteiger partial charge in [-0.05, 0) is 96.2 Å². The van der Waals surface area contributed by atoms with Gasteiger partial charge in [-0.15, -0.1) is 0 Å². The first-order valence-electron chi connectivity index (χ1n) is 16.1. The van der Waals surface area contributed by atoms with E-state index in [1.54, 1.807) is 16.7 Å². The Morgan fingerprint density at radius 2 is 1.43 bits per heavy atom. The van der Waals surface area contributed by atoms with Crippen molar-refractivity contribution >= 4 is 56.8 Å². The predicted octanol–water partition coefficient (Wildman–Crippen LogP) is 5.99. The van der Waals surface area contributed by atoms with E-state index in [4.69, 9.17) is 4.74 Å². The van der Waals surface area contributed by atoms with Crippen molar-refractivity contribution in [3.05, 3.63) is 47.0 Å². The van der Waals surface area contributed by atoms with E-state index in [1.165, 1.54) is 6.92 Å². The largest absolute Gasteiger partial charge is 0.358 e. The Balaban J connectivity index is 0.000000167. The molecule has 3 aliphatic rings. The van der Waals surface area contributed by atoms with Crippen LogP contribution in [0.25, 0.3) is 22.1 Å². The molecule has 0 spiro atoms. The maximum atomic E-state index is 12.8. The fourth-order valence-corrected chi connectivity index (χ4v) is 7.01. The van der Waals surface area contributed by atoms with E-state index in [2.05, 4.69) is 15.0 Å². The van der Waals surface area contributed by atoms with Gasteiger partial charge >= 0.3 is 0 Å². The third-order valence-corrected chi connectivity index (χ3v) is 9.62. The van der Waals surface area contributed by atoms with E-state index in [9.17, 15) is 19.2 Å². The predicted molar refractivity (Wildman–Crippen MR) is 177 cm³/mol. The summed E-state index contributed by atoms with van der Waals surface area (Å²) < 4.78 is 7.89. The molecular formula is C35H42N6O5. The van der Waals surface area contributed by atoms with Crippen LogP contribution < -0.4 is 9.80 Å². The molecule has 46 heavy (non-hydrogen) atoms. The van der Waals surface area contributed by atoms with E-state index in [-0.39, 0.29) is 29.6 Å². The number of H-pyrrole nitrogens is 1. The summed E-state index contributed by atoms with van der Waals surface area (Å²) >= 11 is 0. The minimum Gasteiger partial charge on any atom is -0.358 e. The molecule has 0 saturated carbocycles. The molecule has 4 aromatic rings. The monoisotopic (exact) mass is 626 g/mol. The van der Waals surface area contributed by atoms with Gasteiger partial charge in [0.25, 0.3) is 0 Å². The fraction of sp³-hybridized carbons (Fsp3) is 0.486. The number of ketones is 2. The molecule has 1 unspecified atom stereocenters. The fourth-order valence-electron chi connectivity index (χ4n) is 7.01. The van der Waals surface area contributed by atoms with Gasteiger partial charge in [0.2, 0.25) is 11.8 Å². The summed E-state index contributed by atoms with van der Waals surface area (Å²) in [6, 6.07) is 7.82. The normalized spacial score (nSPS) is 19.8. The number of likely N-dealkylation sites (N-methyl/N-ethyl adjacent to an activating group) is 2. The molecule has 0 aliphatic carbocycles. The molecule has 242 valence electrons. The lowest BCUT2D eigenvalue weighted by Crippen LogP contribution is -2.35. The summed E-state index contributed by atoms with van der Waals surface area (Å²) in [7, 11) is 0. The number of aromatic amines is 1. The van der Waals surface area contributed by atoms with Gasteiger partial charge in [-0.25, -0.2) is 9.97 Å². The van der Waals surface area contributed by atoms with Crippen LogP contribution in [0.4, 0.5) is 11.4 Å².